The molecule has 4 heterocycles. The van der Waals surface area contributed by atoms with Crippen LogP contribution in [0.2, 0.25) is 0 Å². The minimum atomic E-state index is -0.682. The van der Waals surface area contributed by atoms with Crippen molar-refractivity contribution in [1.29, 1.82) is 0 Å². The number of nitrogens with one attached hydrogen (secondary N) is 1. The molecule has 4 amide bonds. The second kappa shape index (κ2) is 8.72. The molecule has 0 radical (unpaired) electrons. The zero-order chi connectivity index (χ0) is 23.8. The normalized spacial score (nSPS) is 21.9. The number of fused-ring (bicyclic) bond motifs is 1. The van der Waals surface area contributed by atoms with E-state index in [1.165, 1.54) is 15.8 Å². The van der Waals surface area contributed by atoms with Crippen LogP contribution < -0.4 is 5.32 Å². The molecule has 1 N–H and O–H groups in total. The predicted octanol–water partition coefficient (Wildman–Crippen LogP) is -0.107. The molecule has 2 saturated heterocycles. The third-order valence-electron chi connectivity index (χ3n) is 6.36. The number of hydrogen-bond donors (Lipinski definition) is 1. The zero-order valence-corrected chi connectivity index (χ0v) is 18.3. The molecule has 174 valence electrons. The van der Waals surface area contributed by atoms with Crippen molar-refractivity contribution < 1.29 is 23.9 Å². The fraction of sp³-hybridized carbons (Fsp3) is 0.391. The number of ether oxygens (including phenoxy) is 1. The van der Waals surface area contributed by atoms with E-state index in [0.29, 0.717) is 37.3 Å². The fourth-order valence-electron chi connectivity index (χ4n) is 4.55. The average Bonchev–Trinajstić information content (AvgIpc) is 3.58. The fourth-order valence-corrected chi connectivity index (χ4v) is 4.55. The summed E-state index contributed by atoms with van der Waals surface area (Å²) in [5.41, 5.74) is 1.91. The maximum atomic E-state index is 13.1. The van der Waals surface area contributed by atoms with Crippen molar-refractivity contribution in [2.75, 3.05) is 19.8 Å². The quantitative estimate of drug-likeness (QED) is 0.485. The number of hydrogen-bond acceptors (Lipinski definition) is 7. The zero-order valence-electron chi connectivity index (χ0n) is 18.3. The van der Waals surface area contributed by atoms with Gasteiger partial charge in [0.1, 0.15) is 6.04 Å². The van der Waals surface area contributed by atoms with Crippen molar-refractivity contribution >= 4 is 23.6 Å². The second-order valence-electron chi connectivity index (χ2n) is 8.44. The molecule has 11 heteroatoms. The summed E-state index contributed by atoms with van der Waals surface area (Å²) < 4.78 is 6.81. The molecule has 0 spiro atoms. The van der Waals surface area contributed by atoms with Crippen LogP contribution >= 0.6 is 0 Å². The first-order valence-electron chi connectivity index (χ1n) is 11.0. The maximum absolute atomic E-state index is 13.1. The van der Waals surface area contributed by atoms with Crippen molar-refractivity contribution in [3.63, 3.8) is 0 Å². The molecule has 11 nitrogen and oxygen atoms in total. The summed E-state index contributed by atoms with van der Waals surface area (Å²) in [6.45, 7) is 1.43. The Hall–Kier alpha value is -4.04. The van der Waals surface area contributed by atoms with E-state index in [1.54, 1.807) is 23.1 Å². The van der Waals surface area contributed by atoms with Crippen molar-refractivity contribution in [3.8, 4) is 18.0 Å². The van der Waals surface area contributed by atoms with E-state index >= 15 is 0 Å². The minimum Gasteiger partial charge on any atom is -0.379 e. The molecule has 5 rings (SSSR count). The second-order valence-corrected chi connectivity index (χ2v) is 8.44. The molecular weight excluding hydrogens is 440 g/mol. The van der Waals surface area contributed by atoms with Gasteiger partial charge in [-0.25, -0.2) is 4.68 Å². The molecule has 0 aliphatic carbocycles. The lowest BCUT2D eigenvalue weighted by Crippen LogP contribution is -2.52. The largest absolute Gasteiger partial charge is 0.379 e. The van der Waals surface area contributed by atoms with Crippen molar-refractivity contribution in [1.82, 2.24) is 30.1 Å². The first-order valence-corrected chi connectivity index (χ1v) is 11.0. The monoisotopic (exact) mass is 462 g/mol. The lowest BCUT2D eigenvalue weighted by Gasteiger charge is -2.29. The van der Waals surface area contributed by atoms with Gasteiger partial charge in [0.05, 0.1) is 31.1 Å². The van der Waals surface area contributed by atoms with Gasteiger partial charge in [-0.05, 0) is 30.5 Å². The third kappa shape index (κ3) is 3.82. The van der Waals surface area contributed by atoms with Gasteiger partial charge in [-0.2, -0.15) is 0 Å². The minimum absolute atomic E-state index is 0.107. The Labute approximate surface area is 195 Å². The highest BCUT2D eigenvalue weighted by Gasteiger charge is 2.39. The molecule has 3 aliphatic rings. The van der Waals surface area contributed by atoms with Crippen LogP contribution in [-0.2, 0) is 20.9 Å². The number of piperidine rings is 1. The lowest BCUT2D eigenvalue weighted by atomic mass is 10.0. The maximum Gasteiger partial charge on any atom is 0.277 e. The van der Waals surface area contributed by atoms with E-state index in [4.69, 9.17) is 11.2 Å². The number of nitrogens with zero attached hydrogens (tertiary/aromatic N) is 5. The van der Waals surface area contributed by atoms with Gasteiger partial charge in [-0.3, -0.25) is 24.5 Å². The Bertz CT molecular complexity index is 1220. The van der Waals surface area contributed by atoms with Gasteiger partial charge in [-0.15, -0.1) is 11.5 Å². The van der Waals surface area contributed by atoms with Crippen LogP contribution in [0, 0.1) is 12.3 Å². The molecule has 0 saturated carbocycles. The standard InChI is InChI=1S/C23H22N6O5/c1-2-8-27(16-7-9-34-13-16)23(33)18-12-29(26-25-18)15-4-3-14-11-28(22(32)17(14)10-15)19-5-6-20(30)24-21(19)31/h1,3-4,10,12,16,19H,5-9,11,13H2,(H,24,30,31). The first-order chi connectivity index (χ1) is 16.5. The molecule has 34 heavy (non-hydrogen) atoms. The molecule has 0 bridgehead atoms. The number of terminal acetylenes is 1. The SMILES string of the molecule is C#CCN(C(=O)c1cn(-c2ccc3c(c2)C(=O)N(C2CCC(=O)NC2=O)C3)nn1)C1CCOC1. The van der Waals surface area contributed by atoms with Gasteiger partial charge in [0.25, 0.3) is 11.8 Å². The number of imide groups is 1. The molecule has 2 aromatic rings. The average molecular weight is 462 g/mol. The van der Waals surface area contributed by atoms with E-state index in [2.05, 4.69) is 21.5 Å². The van der Waals surface area contributed by atoms with Gasteiger partial charge in [0.15, 0.2) is 5.69 Å². The van der Waals surface area contributed by atoms with Crippen LogP contribution in [0.1, 0.15) is 45.7 Å². The van der Waals surface area contributed by atoms with Gasteiger partial charge in [0, 0.05) is 25.1 Å². The molecule has 2 atom stereocenters. The van der Waals surface area contributed by atoms with Crippen LogP contribution in [0.15, 0.2) is 24.4 Å². The molecule has 3 aliphatic heterocycles. The molecular formula is C23H22N6O5. The Morgan fingerprint density at radius 3 is 2.88 bits per heavy atom. The smallest absolute Gasteiger partial charge is 0.277 e. The summed E-state index contributed by atoms with van der Waals surface area (Å²) in [7, 11) is 0. The van der Waals surface area contributed by atoms with Gasteiger partial charge < -0.3 is 14.5 Å². The topological polar surface area (TPSA) is 127 Å². The molecule has 2 fully saturated rings. The van der Waals surface area contributed by atoms with Crippen LogP contribution in [0.5, 0.6) is 0 Å². The number of carbonyl (C=O) groups excluding carboxylic acids is 4. The lowest BCUT2D eigenvalue weighted by molar-refractivity contribution is -0.136. The number of rotatable bonds is 5. The van der Waals surface area contributed by atoms with Crippen LogP contribution in [-0.4, -0.2) is 80.3 Å². The summed E-state index contributed by atoms with van der Waals surface area (Å²) in [6, 6.07) is 4.43. The summed E-state index contributed by atoms with van der Waals surface area (Å²) in [4.78, 5) is 52.8. The molecule has 2 unspecified atom stereocenters. The van der Waals surface area contributed by atoms with Gasteiger partial charge in [-0.1, -0.05) is 17.2 Å². The van der Waals surface area contributed by atoms with E-state index in [9.17, 15) is 19.2 Å². The van der Waals surface area contributed by atoms with Crippen LogP contribution in [0.25, 0.3) is 5.69 Å². The van der Waals surface area contributed by atoms with Crippen molar-refractivity contribution in [3.05, 3.63) is 41.2 Å². The van der Waals surface area contributed by atoms with E-state index in [-0.39, 0.29) is 49.0 Å². The van der Waals surface area contributed by atoms with Crippen LogP contribution in [0.4, 0.5) is 0 Å². The summed E-state index contributed by atoms with van der Waals surface area (Å²) in [6.07, 6.45) is 8.15. The van der Waals surface area contributed by atoms with E-state index in [0.717, 1.165) is 5.56 Å². The predicted molar refractivity (Wildman–Crippen MR) is 116 cm³/mol. The first kappa shape index (κ1) is 21.8. The third-order valence-corrected chi connectivity index (χ3v) is 6.36. The Kier molecular flexibility index (Phi) is 5.59. The highest BCUT2D eigenvalue weighted by atomic mass is 16.5. The van der Waals surface area contributed by atoms with Crippen LogP contribution in [0.3, 0.4) is 0 Å². The number of amides is 4. The summed E-state index contributed by atoms with van der Waals surface area (Å²) in [5.74, 6) is 1.10. The highest BCUT2D eigenvalue weighted by Crippen LogP contribution is 2.29. The van der Waals surface area contributed by atoms with E-state index in [1.807, 2.05) is 0 Å². The van der Waals surface area contributed by atoms with Gasteiger partial charge in [0.2, 0.25) is 11.8 Å². The Morgan fingerprint density at radius 1 is 1.29 bits per heavy atom. The highest BCUT2D eigenvalue weighted by molar-refractivity contribution is 6.05. The van der Waals surface area contributed by atoms with E-state index < -0.39 is 11.9 Å². The van der Waals surface area contributed by atoms with Crippen molar-refractivity contribution in [2.24, 2.45) is 0 Å². The summed E-state index contributed by atoms with van der Waals surface area (Å²) in [5, 5.41) is 10.4. The van der Waals surface area contributed by atoms with Crippen molar-refractivity contribution in [2.45, 2.75) is 37.9 Å². The van der Waals surface area contributed by atoms with Gasteiger partial charge >= 0.3 is 0 Å². The summed E-state index contributed by atoms with van der Waals surface area (Å²) >= 11 is 0. The number of carbonyl (C=O) groups is 4. The Balaban J connectivity index is 1.35. The number of aromatic nitrogens is 3. The Morgan fingerprint density at radius 2 is 2.15 bits per heavy atom. The molecule has 1 aromatic heterocycles. The number of benzene rings is 1. The molecule has 1 aromatic carbocycles.